The zero-order valence-corrected chi connectivity index (χ0v) is 16.1. The maximum atomic E-state index is 4.24. The molecule has 0 aliphatic rings. The minimum atomic E-state index is 0. The van der Waals surface area contributed by atoms with Crippen molar-refractivity contribution >= 4 is 45.9 Å². The molecule has 2 N–H and O–H groups in total. The third kappa shape index (κ3) is 6.74. The van der Waals surface area contributed by atoms with Gasteiger partial charge in [-0.3, -0.25) is 4.99 Å². The standard InChI is InChI=1S/C15H22BrN3.HI/c1-4-5-8-11-18-15(17-3)19-12(2)13-9-6-7-10-14(13)16;/h4-7,9-10,12H,8,11H2,1-3H3,(H2,17,18,19);1H/b5-4+;. The number of guanidine groups is 1. The van der Waals surface area contributed by atoms with E-state index in [2.05, 4.69) is 62.8 Å². The lowest BCUT2D eigenvalue weighted by Gasteiger charge is -2.19. The van der Waals surface area contributed by atoms with Crippen molar-refractivity contribution in [1.82, 2.24) is 10.6 Å². The van der Waals surface area contributed by atoms with Crippen LogP contribution in [0.1, 0.15) is 31.9 Å². The topological polar surface area (TPSA) is 36.4 Å². The Hall–Kier alpha value is -0.560. The molecule has 0 amide bonds. The van der Waals surface area contributed by atoms with Crippen molar-refractivity contribution in [2.75, 3.05) is 13.6 Å². The van der Waals surface area contributed by atoms with Crippen LogP contribution in [0.25, 0.3) is 0 Å². The molecule has 0 aliphatic heterocycles. The first-order valence-electron chi connectivity index (χ1n) is 6.51. The number of allylic oxidation sites excluding steroid dienone is 1. The van der Waals surface area contributed by atoms with Crippen LogP contribution < -0.4 is 10.6 Å². The molecule has 0 radical (unpaired) electrons. The SMILES string of the molecule is C/C=C/CCNC(=NC)NC(C)c1ccccc1Br.I. The predicted octanol–water partition coefficient (Wildman–Crippen LogP) is 4.26. The maximum absolute atomic E-state index is 4.24. The minimum Gasteiger partial charge on any atom is -0.356 e. The smallest absolute Gasteiger partial charge is 0.191 e. The van der Waals surface area contributed by atoms with Crippen LogP contribution in [0.3, 0.4) is 0 Å². The highest BCUT2D eigenvalue weighted by Crippen LogP contribution is 2.22. The van der Waals surface area contributed by atoms with Crippen LogP contribution >= 0.6 is 39.9 Å². The van der Waals surface area contributed by atoms with Gasteiger partial charge in [-0.2, -0.15) is 0 Å². The van der Waals surface area contributed by atoms with Crippen LogP contribution in [0.5, 0.6) is 0 Å². The zero-order chi connectivity index (χ0) is 14.1. The molecule has 0 aliphatic carbocycles. The van der Waals surface area contributed by atoms with Gasteiger partial charge in [0, 0.05) is 18.1 Å². The molecule has 0 spiro atoms. The van der Waals surface area contributed by atoms with Crippen molar-refractivity contribution in [3.8, 4) is 0 Å². The van der Waals surface area contributed by atoms with Gasteiger partial charge in [0.2, 0.25) is 0 Å². The Morgan fingerprint density at radius 1 is 1.40 bits per heavy atom. The van der Waals surface area contributed by atoms with E-state index in [0.717, 1.165) is 23.4 Å². The number of benzene rings is 1. The van der Waals surface area contributed by atoms with Crippen molar-refractivity contribution in [2.24, 2.45) is 4.99 Å². The molecule has 3 nitrogen and oxygen atoms in total. The van der Waals surface area contributed by atoms with Crippen LogP contribution in [0.15, 0.2) is 45.9 Å². The van der Waals surface area contributed by atoms with E-state index in [1.807, 2.05) is 19.1 Å². The van der Waals surface area contributed by atoms with Crippen molar-refractivity contribution in [2.45, 2.75) is 26.3 Å². The van der Waals surface area contributed by atoms with Gasteiger partial charge in [0.15, 0.2) is 5.96 Å². The largest absolute Gasteiger partial charge is 0.356 e. The van der Waals surface area contributed by atoms with E-state index < -0.39 is 0 Å². The van der Waals surface area contributed by atoms with Crippen LogP contribution in [-0.4, -0.2) is 19.6 Å². The summed E-state index contributed by atoms with van der Waals surface area (Å²) < 4.78 is 1.11. The molecule has 0 heterocycles. The highest BCUT2D eigenvalue weighted by molar-refractivity contribution is 14.0. The molecule has 0 aromatic heterocycles. The summed E-state index contributed by atoms with van der Waals surface area (Å²) in [6, 6.07) is 8.42. The second-order valence-electron chi connectivity index (χ2n) is 4.24. The summed E-state index contributed by atoms with van der Waals surface area (Å²) in [4.78, 5) is 4.24. The quantitative estimate of drug-likeness (QED) is 0.231. The van der Waals surface area contributed by atoms with E-state index in [0.29, 0.717) is 0 Å². The van der Waals surface area contributed by atoms with Crippen LogP contribution in [-0.2, 0) is 0 Å². The monoisotopic (exact) mass is 451 g/mol. The summed E-state index contributed by atoms with van der Waals surface area (Å²) in [5.74, 6) is 0.827. The Morgan fingerprint density at radius 3 is 2.70 bits per heavy atom. The fourth-order valence-electron chi connectivity index (χ4n) is 1.74. The Labute approximate surface area is 147 Å². The average molecular weight is 452 g/mol. The van der Waals surface area contributed by atoms with Crippen molar-refractivity contribution in [3.63, 3.8) is 0 Å². The molecular formula is C15H23BrIN3. The van der Waals surface area contributed by atoms with E-state index >= 15 is 0 Å². The molecule has 0 saturated heterocycles. The summed E-state index contributed by atoms with van der Waals surface area (Å²) in [6.45, 7) is 5.04. The van der Waals surface area contributed by atoms with Gasteiger partial charge in [0.1, 0.15) is 0 Å². The van der Waals surface area contributed by atoms with Gasteiger partial charge < -0.3 is 10.6 Å². The number of hydrogen-bond donors (Lipinski definition) is 2. The van der Waals surface area contributed by atoms with Crippen molar-refractivity contribution in [1.29, 1.82) is 0 Å². The number of halogens is 2. The second kappa shape index (κ2) is 11.1. The Bertz CT molecular complexity index is 446. The van der Waals surface area contributed by atoms with Crippen LogP contribution in [0, 0.1) is 0 Å². The summed E-state index contributed by atoms with van der Waals surface area (Å²) >= 11 is 3.57. The van der Waals surface area contributed by atoms with E-state index in [4.69, 9.17) is 0 Å². The lowest BCUT2D eigenvalue weighted by Crippen LogP contribution is -2.39. The fourth-order valence-corrected chi connectivity index (χ4v) is 2.37. The molecule has 1 rings (SSSR count). The van der Waals surface area contributed by atoms with Crippen LogP contribution in [0.4, 0.5) is 0 Å². The molecule has 5 heteroatoms. The van der Waals surface area contributed by atoms with Gasteiger partial charge in [-0.05, 0) is 31.9 Å². The van der Waals surface area contributed by atoms with Crippen molar-refractivity contribution < 1.29 is 0 Å². The highest BCUT2D eigenvalue weighted by atomic mass is 127. The zero-order valence-electron chi connectivity index (χ0n) is 12.2. The summed E-state index contributed by atoms with van der Waals surface area (Å²) in [5.41, 5.74) is 1.22. The van der Waals surface area contributed by atoms with E-state index in [1.165, 1.54) is 5.56 Å². The molecule has 1 aromatic rings. The number of nitrogens with one attached hydrogen (secondary N) is 2. The number of aliphatic imine (C=N–C) groups is 1. The summed E-state index contributed by atoms with van der Waals surface area (Å²) in [7, 11) is 1.79. The fraction of sp³-hybridized carbons (Fsp3) is 0.400. The molecule has 20 heavy (non-hydrogen) atoms. The summed E-state index contributed by atoms with van der Waals surface area (Å²) in [5, 5.41) is 6.68. The van der Waals surface area contributed by atoms with E-state index in [1.54, 1.807) is 7.05 Å². The highest BCUT2D eigenvalue weighted by Gasteiger charge is 2.09. The first-order chi connectivity index (χ1) is 9.19. The van der Waals surface area contributed by atoms with E-state index in [-0.39, 0.29) is 30.0 Å². The Kier molecular flexibility index (Phi) is 10.8. The number of hydrogen-bond acceptors (Lipinski definition) is 1. The lowest BCUT2D eigenvalue weighted by atomic mass is 10.1. The van der Waals surface area contributed by atoms with Gasteiger partial charge in [0.05, 0.1) is 6.04 Å². The molecule has 112 valence electrons. The first-order valence-corrected chi connectivity index (χ1v) is 7.31. The molecule has 0 bridgehead atoms. The van der Waals surface area contributed by atoms with Gasteiger partial charge in [-0.15, -0.1) is 24.0 Å². The summed E-state index contributed by atoms with van der Waals surface area (Å²) in [6.07, 6.45) is 5.19. The van der Waals surface area contributed by atoms with Gasteiger partial charge in [-0.25, -0.2) is 0 Å². The molecule has 0 fully saturated rings. The normalized spacial score (nSPS) is 12.9. The molecule has 0 saturated carbocycles. The molecular weight excluding hydrogens is 429 g/mol. The van der Waals surface area contributed by atoms with Crippen LogP contribution in [0.2, 0.25) is 0 Å². The van der Waals surface area contributed by atoms with E-state index in [9.17, 15) is 0 Å². The first kappa shape index (κ1) is 19.4. The minimum absolute atomic E-state index is 0. The third-order valence-electron chi connectivity index (χ3n) is 2.79. The Morgan fingerprint density at radius 2 is 2.10 bits per heavy atom. The van der Waals surface area contributed by atoms with Gasteiger partial charge in [0.25, 0.3) is 0 Å². The number of rotatable bonds is 5. The Balaban J connectivity index is 0.00000361. The second-order valence-corrected chi connectivity index (χ2v) is 5.10. The lowest BCUT2D eigenvalue weighted by molar-refractivity contribution is 0.683. The number of nitrogens with zero attached hydrogens (tertiary/aromatic N) is 1. The third-order valence-corrected chi connectivity index (χ3v) is 3.51. The molecule has 1 unspecified atom stereocenters. The molecule has 1 atom stereocenters. The van der Waals surface area contributed by atoms with Gasteiger partial charge in [-0.1, -0.05) is 46.3 Å². The van der Waals surface area contributed by atoms with Crippen molar-refractivity contribution in [3.05, 3.63) is 46.5 Å². The maximum Gasteiger partial charge on any atom is 0.191 e. The molecule has 1 aromatic carbocycles. The van der Waals surface area contributed by atoms with Gasteiger partial charge >= 0.3 is 0 Å². The average Bonchev–Trinajstić information content (AvgIpc) is 2.42. The predicted molar refractivity (Wildman–Crippen MR) is 102 cm³/mol.